The van der Waals surface area contributed by atoms with Gasteiger partial charge in [-0.1, -0.05) is 0 Å². The topological polar surface area (TPSA) is 41.6 Å². The van der Waals surface area contributed by atoms with Gasteiger partial charge in [-0.15, -0.1) is 0 Å². The van der Waals surface area contributed by atoms with Gasteiger partial charge in [-0.25, -0.2) is 4.79 Å². The number of hydrogen-bond donors (Lipinski definition) is 1. The lowest BCUT2D eigenvalue weighted by Gasteiger charge is -2.19. The van der Waals surface area contributed by atoms with E-state index in [2.05, 4.69) is 5.32 Å². The summed E-state index contributed by atoms with van der Waals surface area (Å²) in [5, 5.41) is 2.87. The van der Waals surface area contributed by atoms with E-state index >= 15 is 0 Å². The van der Waals surface area contributed by atoms with Crippen LogP contribution >= 0.6 is 0 Å². The number of urea groups is 1. The third kappa shape index (κ3) is 3.37. The second kappa shape index (κ2) is 6.13. The predicted molar refractivity (Wildman–Crippen MR) is 69.7 cm³/mol. The lowest BCUT2D eigenvalue weighted by Crippen LogP contribution is -2.34. The number of amides is 2. The number of benzene rings is 1. The highest BCUT2D eigenvalue weighted by Gasteiger charge is 2.09. The Kier molecular flexibility index (Phi) is 4.82. The average molecular weight is 236 g/mol. The molecule has 1 aromatic rings. The van der Waals surface area contributed by atoms with Gasteiger partial charge in [-0.05, 0) is 44.5 Å². The Hall–Kier alpha value is -1.71. The van der Waals surface area contributed by atoms with Crippen LogP contribution in [0.15, 0.2) is 18.2 Å². The predicted octanol–water partition coefficient (Wildman–Crippen LogP) is 2.88. The van der Waals surface area contributed by atoms with Gasteiger partial charge in [0.15, 0.2) is 0 Å². The van der Waals surface area contributed by atoms with Crippen LogP contribution in [-0.4, -0.2) is 31.1 Å². The fourth-order valence-corrected chi connectivity index (χ4v) is 1.67. The minimum atomic E-state index is -0.0698. The van der Waals surface area contributed by atoms with Gasteiger partial charge in [0, 0.05) is 18.8 Å². The van der Waals surface area contributed by atoms with E-state index in [1.165, 1.54) is 0 Å². The summed E-state index contributed by atoms with van der Waals surface area (Å²) >= 11 is 0. The van der Waals surface area contributed by atoms with Crippen molar-refractivity contribution in [3.05, 3.63) is 23.8 Å². The zero-order valence-corrected chi connectivity index (χ0v) is 10.9. The summed E-state index contributed by atoms with van der Waals surface area (Å²) in [6.45, 7) is 7.28. The summed E-state index contributed by atoms with van der Waals surface area (Å²) in [6.07, 6.45) is 0. The summed E-state index contributed by atoms with van der Waals surface area (Å²) in [6, 6.07) is 5.53. The van der Waals surface area contributed by atoms with Crippen molar-refractivity contribution in [1.29, 1.82) is 0 Å². The largest absolute Gasteiger partial charge is 0.496 e. The lowest BCUT2D eigenvalue weighted by molar-refractivity contribution is 0.217. The standard InChI is InChI=1S/C13H20N2O2/c1-5-15(6-2)13(16)14-11-7-8-12(17-4)10(3)9-11/h7-9H,5-6H2,1-4H3,(H,14,16). The van der Waals surface area contributed by atoms with Crippen LogP contribution in [0.5, 0.6) is 5.75 Å². The molecule has 0 fully saturated rings. The van der Waals surface area contributed by atoms with Gasteiger partial charge < -0.3 is 15.0 Å². The third-order valence-corrected chi connectivity index (χ3v) is 2.70. The lowest BCUT2D eigenvalue weighted by atomic mass is 10.2. The minimum Gasteiger partial charge on any atom is -0.496 e. The van der Waals surface area contributed by atoms with Gasteiger partial charge in [0.05, 0.1) is 7.11 Å². The number of methoxy groups -OCH3 is 1. The smallest absolute Gasteiger partial charge is 0.321 e. The average Bonchev–Trinajstić information content (AvgIpc) is 2.31. The van der Waals surface area contributed by atoms with Crippen molar-refractivity contribution in [2.24, 2.45) is 0 Å². The van der Waals surface area contributed by atoms with Crippen LogP contribution in [0, 0.1) is 6.92 Å². The molecule has 0 atom stereocenters. The monoisotopic (exact) mass is 236 g/mol. The van der Waals surface area contributed by atoms with E-state index in [1.807, 2.05) is 39.0 Å². The van der Waals surface area contributed by atoms with Crippen molar-refractivity contribution >= 4 is 11.7 Å². The van der Waals surface area contributed by atoms with Crippen LogP contribution in [0.4, 0.5) is 10.5 Å². The molecule has 0 heterocycles. The first-order valence-electron chi connectivity index (χ1n) is 5.82. The molecular weight excluding hydrogens is 216 g/mol. The maximum absolute atomic E-state index is 11.8. The van der Waals surface area contributed by atoms with Crippen molar-refractivity contribution in [3.63, 3.8) is 0 Å². The van der Waals surface area contributed by atoms with Crippen LogP contribution in [-0.2, 0) is 0 Å². The number of carbonyl (C=O) groups excluding carboxylic acids is 1. The number of nitrogens with one attached hydrogen (secondary N) is 1. The zero-order chi connectivity index (χ0) is 12.8. The van der Waals surface area contributed by atoms with Gasteiger partial charge in [-0.2, -0.15) is 0 Å². The van der Waals surface area contributed by atoms with E-state index in [0.29, 0.717) is 13.1 Å². The van der Waals surface area contributed by atoms with Gasteiger partial charge in [0.1, 0.15) is 5.75 Å². The summed E-state index contributed by atoms with van der Waals surface area (Å²) in [4.78, 5) is 13.6. The number of aryl methyl sites for hydroxylation is 1. The van der Waals surface area contributed by atoms with E-state index in [9.17, 15) is 4.79 Å². The molecule has 0 aliphatic heterocycles. The molecule has 17 heavy (non-hydrogen) atoms. The number of nitrogens with zero attached hydrogens (tertiary/aromatic N) is 1. The number of hydrogen-bond acceptors (Lipinski definition) is 2. The molecule has 0 radical (unpaired) electrons. The molecule has 4 heteroatoms. The van der Waals surface area contributed by atoms with Crippen LogP contribution < -0.4 is 10.1 Å². The van der Waals surface area contributed by atoms with Crippen molar-refractivity contribution in [1.82, 2.24) is 4.90 Å². The Morgan fingerprint density at radius 3 is 2.47 bits per heavy atom. The first-order valence-corrected chi connectivity index (χ1v) is 5.82. The maximum Gasteiger partial charge on any atom is 0.321 e. The first kappa shape index (κ1) is 13.4. The van der Waals surface area contributed by atoms with Crippen molar-refractivity contribution in [3.8, 4) is 5.75 Å². The summed E-state index contributed by atoms with van der Waals surface area (Å²) in [7, 11) is 1.64. The highest BCUT2D eigenvalue weighted by atomic mass is 16.5. The number of carbonyl (C=O) groups is 1. The Morgan fingerprint density at radius 2 is 2.00 bits per heavy atom. The normalized spacial score (nSPS) is 9.88. The van der Waals surface area contributed by atoms with Gasteiger partial charge >= 0.3 is 6.03 Å². The van der Waals surface area contributed by atoms with Gasteiger partial charge in [-0.3, -0.25) is 0 Å². The van der Waals surface area contributed by atoms with Gasteiger partial charge in [0.2, 0.25) is 0 Å². The quantitative estimate of drug-likeness (QED) is 0.873. The summed E-state index contributed by atoms with van der Waals surface area (Å²) in [5.74, 6) is 0.825. The zero-order valence-electron chi connectivity index (χ0n) is 10.9. The molecule has 0 aromatic heterocycles. The summed E-state index contributed by atoms with van der Waals surface area (Å²) in [5.41, 5.74) is 1.80. The van der Waals surface area contributed by atoms with Crippen LogP contribution in [0.1, 0.15) is 19.4 Å². The molecule has 2 amide bonds. The Balaban J connectivity index is 2.75. The molecule has 0 saturated carbocycles. The molecule has 1 rings (SSSR count). The first-order chi connectivity index (χ1) is 8.12. The van der Waals surface area contributed by atoms with E-state index < -0.39 is 0 Å². The molecular formula is C13H20N2O2. The number of rotatable bonds is 4. The maximum atomic E-state index is 11.8. The molecule has 4 nitrogen and oxygen atoms in total. The molecule has 1 N–H and O–H groups in total. The molecule has 0 saturated heterocycles. The highest BCUT2D eigenvalue weighted by Crippen LogP contribution is 2.21. The molecule has 1 aromatic carbocycles. The van der Waals surface area contributed by atoms with Crippen LogP contribution in [0.2, 0.25) is 0 Å². The minimum absolute atomic E-state index is 0.0698. The molecule has 94 valence electrons. The molecule has 0 aliphatic carbocycles. The second-order valence-electron chi connectivity index (χ2n) is 3.79. The molecule has 0 aliphatic rings. The van der Waals surface area contributed by atoms with Crippen molar-refractivity contribution < 1.29 is 9.53 Å². The van der Waals surface area contributed by atoms with E-state index in [-0.39, 0.29) is 6.03 Å². The van der Waals surface area contributed by atoms with E-state index in [1.54, 1.807) is 12.0 Å². The van der Waals surface area contributed by atoms with Crippen molar-refractivity contribution in [2.75, 3.05) is 25.5 Å². The number of anilines is 1. The molecule has 0 unspecified atom stereocenters. The highest BCUT2D eigenvalue weighted by molar-refractivity contribution is 5.89. The summed E-state index contributed by atoms with van der Waals surface area (Å²) < 4.78 is 5.17. The van der Waals surface area contributed by atoms with Crippen LogP contribution in [0.25, 0.3) is 0 Å². The Morgan fingerprint density at radius 1 is 1.35 bits per heavy atom. The Bertz CT molecular complexity index is 387. The van der Waals surface area contributed by atoms with E-state index in [0.717, 1.165) is 17.0 Å². The SMILES string of the molecule is CCN(CC)C(=O)Nc1ccc(OC)c(C)c1. The number of ether oxygens (including phenoxy) is 1. The van der Waals surface area contributed by atoms with Gasteiger partial charge in [0.25, 0.3) is 0 Å². The molecule has 0 bridgehead atoms. The fraction of sp³-hybridized carbons (Fsp3) is 0.462. The molecule has 0 spiro atoms. The van der Waals surface area contributed by atoms with Crippen molar-refractivity contribution in [2.45, 2.75) is 20.8 Å². The third-order valence-electron chi connectivity index (χ3n) is 2.70. The van der Waals surface area contributed by atoms with E-state index in [4.69, 9.17) is 4.74 Å². The van der Waals surface area contributed by atoms with Crippen LogP contribution in [0.3, 0.4) is 0 Å². The fourth-order valence-electron chi connectivity index (χ4n) is 1.67. The second-order valence-corrected chi connectivity index (χ2v) is 3.79. The Labute approximate surface area is 103 Å².